The molecule has 0 radical (unpaired) electrons. The lowest BCUT2D eigenvalue weighted by Gasteiger charge is -2.06. The zero-order chi connectivity index (χ0) is 13.4. The molecule has 6 nitrogen and oxygen atoms in total. The first-order chi connectivity index (χ1) is 9.13. The molecule has 0 unspecified atom stereocenters. The molecule has 1 saturated heterocycles. The maximum atomic E-state index is 13.1. The van der Waals surface area contributed by atoms with Gasteiger partial charge in [-0.1, -0.05) is 11.2 Å². The van der Waals surface area contributed by atoms with Crippen LogP contribution in [0.4, 0.5) is 10.4 Å². The molecule has 1 aliphatic rings. The lowest BCUT2D eigenvalue weighted by molar-refractivity contribution is -0.121. The van der Waals surface area contributed by atoms with Crippen LogP contribution in [0.15, 0.2) is 28.7 Å². The predicted molar refractivity (Wildman–Crippen MR) is 61.7 cm³/mol. The molecule has 1 aliphatic heterocycles. The first-order valence-electron chi connectivity index (χ1n) is 5.55. The Bertz CT molecular complexity index is 668. The first kappa shape index (κ1) is 11.5. The molecule has 7 heteroatoms. The van der Waals surface area contributed by atoms with Crippen LogP contribution in [0.5, 0.6) is 0 Å². The SMILES string of the molecule is O=C1CC(=O)N(c2nnc(-c3cccc(F)c3)o2)C1. The number of halogens is 1. The third-order valence-corrected chi connectivity index (χ3v) is 2.70. The number of nitrogens with zero attached hydrogens (tertiary/aromatic N) is 3. The molecule has 0 spiro atoms. The minimum Gasteiger partial charge on any atom is -0.403 e. The third kappa shape index (κ3) is 2.10. The monoisotopic (exact) mass is 261 g/mol. The molecule has 1 amide bonds. The predicted octanol–water partition coefficient (Wildman–Crippen LogP) is 1.18. The van der Waals surface area contributed by atoms with Gasteiger partial charge in [-0.25, -0.2) is 4.39 Å². The van der Waals surface area contributed by atoms with Crippen molar-refractivity contribution < 1.29 is 18.4 Å². The Morgan fingerprint density at radius 1 is 1.26 bits per heavy atom. The van der Waals surface area contributed by atoms with E-state index in [1.54, 1.807) is 6.07 Å². The quantitative estimate of drug-likeness (QED) is 0.759. The number of hydrogen-bond acceptors (Lipinski definition) is 5. The van der Waals surface area contributed by atoms with Gasteiger partial charge in [-0.15, -0.1) is 5.10 Å². The molecule has 2 heterocycles. The van der Waals surface area contributed by atoms with Crippen molar-refractivity contribution in [3.05, 3.63) is 30.1 Å². The zero-order valence-corrected chi connectivity index (χ0v) is 9.67. The standard InChI is InChI=1S/C12H8FN3O3/c13-8-3-1-2-7(4-8)11-14-15-12(19-11)16-6-9(17)5-10(16)18/h1-4H,5-6H2. The van der Waals surface area contributed by atoms with E-state index >= 15 is 0 Å². The molecule has 96 valence electrons. The summed E-state index contributed by atoms with van der Waals surface area (Å²) >= 11 is 0. The zero-order valence-electron chi connectivity index (χ0n) is 9.67. The number of hydrogen-bond donors (Lipinski definition) is 0. The topological polar surface area (TPSA) is 76.3 Å². The maximum absolute atomic E-state index is 13.1. The Labute approximate surface area is 106 Å². The highest BCUT2D eigenvalue weighted by molar-refractivity contribution is 6.14. The molecule has 1 fully saturated rings. The summed E-state index contributed by atoms with van der Waals surface area (Å²) in [7, 11) is 0. The average Bonchev–Trinajstić information content (AvgIpc) is 2.96. The summed E-state index contributed by atoms with van der Waals surface area (Å²) < 4.78 is 18.4. The Hall–Kier alpha value is -2.57. The number of amides is 1. The highest BCUT2D eigenvalue weighted by atomic mass is 19.1. The van der Waals surface area contributed by atoms with Crippen LogP contribution >= 0.6 is 0 Å². The van der Waals surface area contributed by atoms with Crippen molar-refractivity contribution in [1.82, 2.24) is 10.2 Å². The molecule has 0 bridgehead atoms. The molecule has 1 aromatic carbocycles. The van der Waals surface area contributed by atoms with Crippen LogP contribution in [-0.2, 0) is 9.59 Å². The van der Waals surface area contributed by atoms with Gasteiger partial charge in [0.15, 0.2) is 5.78 Å². The van der Waals surface area contributed by atoms with E-state index < -0.39 is 5.82 Å². The molecule has 3 rings (SSSR count). The second-order valence-corrected chi connectivity index (χ2v) is 4.10. The number of carbonyl (C=O) groups is 2. The summed E-state index contributed by atoms with van der Waals surface area (Å²) in [5.41, 5.74) is 0.414. The van der Waals surface area contributed by atoms with Gasteiger partial charge < -0.3 is 4.42 Å². The van der Waals surface area contributed by atoms with Crippen molar-refractivity contribution in [2.75, 3.05) is 11.4 Å². The van der Waals surface area contributed by atoms with Crippen LogP contribution in [0, 0.1) is 5.82 Å². The van der Waals surface area contributed by atoms with Crippen molar-refractivity contribution in [3.8, 4) is 11.5 Å². The van der Waals surface area contributed by atoms with E-state index in [4.69, 9.17) is 4.42 Å². The van der Waals surface area contributed by atoms with Crippen LogP contribution < -0.4 is 4.90 Å². The molecule has 1 aromatic heterocycles. The van der Waals surface area contributed by atoms with Crippen molar-refractivity contribution in [2.24, 2.45) is 0 Å². The number of carbonyl (C=O) groups excluding carboxylic acids is 2. The van der Waals surface area contributed by atoms with E-state index in [1.165, 1.54) is 18.2 Å². The summed E-state index contributed by atoms with van der Waals surface area (Å²) in [6.07, 6.45) is -0.155. The largest absolute Gasteiger partial charge is 0.403 e. The molecular weight excluding hydrogens is 253 g/mol. The minimum absolute atomic E-state index is 0.0462. The smallest absolute Gasteiger partial charge is 0.325 e. The lowest BCUT2D eigenvalue weighted by Crippen LogP contribution is -2.24. The number of benzene rings is 1. The van der Waals surface area contributed by atoms with E-state index in [1.807, 2.05) is 0 Å². The van der Waals surface area contributed by atoms with Gasteiger partial charge in [0.2, 0.25) is 11.8 Å². The van der Waals surface area contributed by atoms with Gasteiger partial charge in [0, 0.05) is 5.56 Å². The third-order valence-electron chi connectivity index (χ3n) is 2.70. The van der Waals surface area contributed by atoms with E-state index in [9.17, 15) is 14.0 Å². The highest BCUT2D eigenvalue weighted by Crippen LogP contribution is 2.24. The van der Waals surface area contributed by atoms with E-state index in [0.717, 1.165) is 4.90 Å². The second kappa shape index (κ2) is 4.27. The van der Waals surface area contributed by atoms with Crippen molar-refractivity contribution in [3.63, 3.8) is 0 Å². The Morgan fingerprint density at radius 3 is 2.79 bits per heavy atom. The van der Waals surface area contributed by atoms with E-state index in [-0.39, 0.29) is 36.6 Å². The van der Waals surface area contributed by atoms with Crippen LogP contribution in [0.1, 0.15) is 6.42 Å². The van der Waals surface area contributed by atoms with Crippen LogP contribution in [0.25, 0.3) is 11.5 Å². The number of anilines is 1. The fourth-order valence-corrected chi connectivity index (χ4v) is 1.82. The molecule has 19 heavy (non-hydrogen) atoms. The Morgan fingerprint density at radius 2 is 2.11 bits per heavy atom. The van der Waals surface area contributed by atoms with Crippen LogP contribution in [0.3, 0.4) is 0 Å². The lowest BCUT2D eigenvalue weighted by atomic mass is 10.2. The molecule has 0 N–H and O–H groups in total. The maximum Gasteiger partial charge on any atom is 0.325 e. The van der Waals surface area contributed by atoms with Gasteiger partial charge >= 0.3 is 6.01 Å². The highest BCUT2D eigenvalue weighted by Gasteiger charge is 2.32. The Kier molecular flexibility index (Phi) is 2.59. The summed E-state index contributed by atoms with van der Waals surface area (Å²) in [5, 5.41) is 7.45. The van der Waals surface area contributed by atoms with Gasteiger partial charge in [0.1, 0.15) is 5.82 Å². The normalized spacial score (nSPS) is 15.3. The van der Waals surface area contributed by atoms with E-state index in [0.29, 0.717) is 5.56 Å². The van der Waals surface area contributed by atoms with Crippen molar-refractivity contribution in [2.45, 2.75) is 6.42 Å². The molecule has 0 saturated carbocycles. The van der Waals surface area contributed by atoms with Gasteiger partial charge in [-0.2, -0.15) is 0 Å². The molecule has 2 aromatic rings. The van der Waals surface area contributed by atoms with Crippen LogP contribution in [-0.4, -0.2) is 28.4 Å². The minimum atomic E-state index is -0.426. The first-order valence-corrected chi connectivity index (χ1v) is 5.55. The van der Waals surface area contributed by atoms with Gasteiger partial charge in [-0.05, 0) is 18.2 Å². The fraction of sp³-hybridized carbons (Fsp3) is 0.167. The summed E-state index contributed by atoms with van der Waals surface area (Å²) in [5.74, 6) is -0.902. The second-order valence-electron chi connectivity index (χ2n) is 4.10. The van der Waals surface area contributed by atoms with Crippen molar-refractivity contribution in [1.29, 1.82) is 0 Å². The average molecular weight is 261 g/mol. The fourth-order valence-electron chi connectivity index (χ4n) is 1.82. The van der Waals surface area contributed by atoms with Crippen molar-refractivity contribution >= 4 is 17.7 Å². The van der Waals surface area contributed by atoms with Gasteiger partial charge in [0.05, 0.1) is 13.0 Å². The van der Waals surface area contributed by atoms with Gasteiger partial charge in [-0.3, -0.25) is 14.5 Å². The number of aromatic nitrogens is 2. The molecular formula is C12H8FN3O3. The summed E-state index contributed by atoms with van der Waals surface area (Å²) in [4.78, 5) is 23.8. The number of rotatable bonds is 2. The number of Topliss-reactive ketones (excluding diaryl/α,β-unsaturated/α-hetero) is 1. The van der Waals surface area contributed by atoms with Gasteiger partial charge in [0.25, 0.3) is 0 Å². The summed E-state index contributed by atoms with van der Waals surface area (Å²) in [6, 6.07) is 5.61. The Balaban J connectivity index is 1.92. The molecule has 0 aliphatic carbocycles. The van der Waals surface area contributed by atoms with Crippen LogP contribution in [0.2, 0.25) is 0 Å². The molecule has 0 atom stereocenters. The number of ketones is 1. The summed E-state index contributed by atoms with van der Waals surface area (Å²) in [6.45, 7) is -0.0659. The van der Waals surface area contributed by atoms with E-state index in [2.05, 4.69) is 10.2 Å².